The molecule has 0 bridgehead atoms. The summed E-state index contributed by atoms with van der Waals surface area (Å²) in [5.74, 6) is -1.92. The molecule has 25 heavy (non-hydrogen) atoms. The van der Waals surface area contributed by atoms with Gasteiger partial charge in [0, 0.05) is 18.2 Å². The third-order valence-corrected chi connectivity index (χ3v) is 4.69. The van der Waals surface area contributed by atoms with E-state index in [0.717, 1.165) is 17.7 Å². The standard InChI is InChI=1S/C19H26N2O4/c1-3-10-21(18(23)14-8-9-15(11-14)19(24)25)12-17(22)20-16-7-5-4-6-13(16)2/h4-7,14-15H,3,8-12H2,1-2H3,(H,20,22)(H,24,25)/t14-,15+/m1/s1. The molecule has 0 spiro atoms. The zero-order valence-corrected chi connectivity index (χ0v) is 14.8. The Hall–Kier alpha value is -2.37. The van der Waals surface area contributed by atoms with E-state index >= 15 is 0 Å². The Morgan fingerprint density at radius 3 is 2.48 bits per heavy atom. The van der Waals surface area contributed by atoms with Gasteiger partial charge in [0.15, 0.2) is 0 Å². The topological polar surface area (TPSA) is 86.7 Å². The largest absolute Gasteiger partial charge is 0.481 e. The van der Waals surface area contributed by atoms with E-state index in [1.54, 1.807) is 4.90 Å². The van der Waals surface area contributed by atoms with Gasteiger partial charge in [-0.3, -0.25) is 14.4 Å². The minimum Gasteiger partial charge on any atom is -0.481 e. The van der Waals surface area contributed by atoms with Crippen LogP contribution in [0.1, 0.15) is 38.2 Å². The number of hydrogen-bond acceptors (Lipinski definition) is 3. The molecule has 2 rings (SSSR count). The van der Waals surface area contributed by atoms with Crippen LogP contribution in [0.4, 0.5) is 5.69 Å². The first kappa shape index (κ1) is 19.0. The fourth-order valence-electron chi connectivity index (χ4n) is 3.30. The Morgan fingerprint density at radius 1 is 1.20 bits per heavy atom. The SMILES string of the molecule is CCCN(CC(=O)Nc1ccccc1C)C(=O)[C@@H]1CC[C@H](C(=O)O)C1. The van der Waals surface area contributed by atoms with Gasteiger partial charge in [0.25, 0.3) is 0 Å². The lowest BCUT2D eigenvalue weighted by Crippen LogP contribution is -2.41. The number of carboxylic acids is 1. The number of carbonyl (C=O) groups excluding carboxylic acids is 2. The first-order valence-electron chi connectivity index (χ1n) is 8.79. The summed E-state index contributed by atoms with van der Waals surface area (Å²) in [6, 6.07) is 7.49. The molecule has 1 aliphatic rings. The third kappa shape index (κ3) is 5.05. The minimum absolute atomic E-state index is 0.00472. The van der Waals surface area contributed by atoms with Crippen molar-refractivity contribution in [2.24, 2.45) is 11.8 Å². The van der Waals surface area contributed by atoms with Gasteiger partial charge in [-0.2, -0.15) is 0 Å². The lowest BCUT2D eigenvalue weighted by Gasteiger charge is -2.25. The molecule has 2 atom stereocenters. The number of nitrogens with zero attached hydrogens (tertiary/aromatic N) is 1. The van der Waals surface area contributed by atoms with Crippen molar-refractivity contribution in [1.29, 1.82) is 0 Å². The number of amides is 2. The van der Waals surface area contributed by atoms with Crippen molar-refractivity contribution in [2.45, 2.75) is 39.5 Å². The predicted molar refractivity (Wildman–Crippen MR) is 95.1 cm³/mol. The third-order valence-electron chi connectivity index (χ3n) is 4.69. The van der Waals surface area contributed by atoms with Gasteiger partial charge < -0.3 is 15.3 Å². The van der Waals surface area contributed by atoms with Crippen LogP contribution in [-0.4, -0.2) is 40.9 Å². The molecule has 136 valence electrons. The molecule has 1 aromatic carbocycles. The molecular weight excluding hydrogens is 320 g/mol. The van der Waals surface area contributed by atoms with Crippen molar-refractivity contribution in [3.63, 3.8) is 0 Å². The molecule has 0 saturated heterocycles. The van der Waals surface area contributed by atoms with Gasteiger partial charge in [-0.1, -0.05) is 25.1 Å². The summed E-state index contributed by atoms with van der Waals surface area (Å²) < 4.78 is 0. The Labute approximate surface area is 148 Å². The number of carboxylic acid groups (broad SMARTS) is 1. The molecule has 6 nitrogen and oxygen atoms in total. The number of aryl methyl sites for hydroxylation is 1. The van der Waals surface area contributed by atoms with Gasteiger partial charge in [0.05, 0.1) is 12.5 Å². The van der Waals surface area contributed by atoms with E-state index in [1.165, 1.54) is 0 Å². The number of benzene rings is 1. The number of carbonyl (C=O) groups is 3. The molecule has 6 heteroatoms. The number of para-hydroxylation sites is 1. The van der Waals surface area contributed by atoms with Gasteiger partial charge in [0.1, 0.15) is 0 Å². The van der Waals surface area contributed by atoms with Crippen molar-refractivity contribution in [2.75, 3.05) is 18.4 Å². The minimum atomic E-state index is -0.838. The van der Waals surface area contributed by atoms with Gasteiger partial charge >= 0.3 is 5.97 Å². The van der Waals surface area contributed by atoms with Crippen LogP contribution in [0.5, 0.6) is 0 Å². The first-order valence-corrected chi connectivity index (χ1v) is 8.79. The van der Waals surface area contributed by atoms with E-state index in [9.17, 15) is 14.4 Å². The van der Waals surface area contributed by atoms with E-state index in [0.29, 0.717) is 25.8 Å². The Kier molecular flexibility index (Phi) is 6.56. The quantitative estimate of drug-likeness (QED) is 0.795. The van der Waals surface area contributed by atoms with Crippen LogP contribution in [0.3, 0.4) is 0 Å². The summed E-state index contributed by atoms with van der Waals surface area (Å²) in [5, 5.41) is 11.9. The van der Waals surface area contributed by atoms with Gasteiger partial charge in [-0.15, -0.1) is 0 Å². The molecule has 2 N–H and O–H groups in total. The first-order chi connectivity index (χ1) is 11.9. The van der Waals surface area contributed by atoms with Crippen LogP contribution in [-0.2, 0) is 14.4 Å². The second-order valence-corrected chi connectivity index (χ2v) is 6.67. The van der Waals surface area contributed by atoms with Gasteiger partial charge in [0.2, 0.25) is 11.8 Å². The average molecular weight is 346 g/mol. The van der Waals surface area contributed by atoms with Crippen molar-refractivity contribution in [3.05, 3.63) is 29.8 Å². The summed E-state index contributed by atoms with van der Waals surface area (Å²) in [5.41, 5.74) is 1.70. The Bertz CT molecular complexity index is 644. The van der Waals surface area contributed by atoms with Crippen LogP contribution in [0.15, 0.2) is 24.3 Å². The normalized spacial score (nSPS) is 19.4. The monoisotopic (exact) mass is 346 g/mol. The molecule has 1 fully saturated rings. The molecular formula is C19H26N2O4. The highest BCUT2D eigenvalue weighted by molar-refractivity contribution is 5.95. The highest BCUT2D eigenvalue weighted by Crippen LogP contribution is 2.32. The van der Waals surface area contributed by atoms with Gasteiger partial charge in [-0.25, -0.2) is 0 Å². The molecule has 1 aromatic rings. The number of aliphatic carboxylic acids is 1. The molecule has 0 aromatic heterocycles. The Morgan fingerprint density at radius 2 is 1.88 bits per heavy atom. The zero-order chi connectivity index (χ0) is 18.4. The number of anilines is 1. The maximum Gasteiger partial charge on any atom is 0.306 e. The fourth-order valence-corrected chi connectivity index (χ4v) is 3.30. The number of hydrogen-bond donors (Lipinski definition) is 2. The molecule has 1 saturated carbocycles. The predicted octanol–water partition coefficient (Wildman–Crippen LogP) is 2.67. The smallest absolute Gasteiger partial charge is 0.306 e. The van der Waals surface area contributed by atoms with Crippen LogP contribution < -0.4 is 5.32 Å². The van der Waals surface area contributed by atoms with Crippen molar-refractivity contribution < 1.29 is 19.5 Å². The van der Waals surface area contributed by atoms with E-state index in [4.69, 9.17) is 5.11 Å². The summed E-state index contributed by atoms with van der Waals surface area (Å²) >= 11 is 0. The van der Waals surface area contributed by atoms with Crippen LogP contribution in [0, 0.1) is 18.8 Å². The van der Waals surface area contributed by atoms with E-state index in [1.807, 2.05) is 38.1 Å². The maximum atomic E-state index is 12.7. The molecule has 0 heterocycles. The van der Waals surface area contributed by atoms with E-state index in [2.05, 4.69) is 5.32 Å². The van der Waals surface area contributed by atoms with Crippen molar-refractivity contribution >= 4 is 23.5 Å². The van der Waals surface area contributed by atoms with Gasteiger partial charge in [-0.05, 0) is 44.2 Å². The van der Waals surface area contributed by atoms with E-state index in [-0.39, 0.29) is 24.3 Å². The van der Waals surface area contributed by atoms with E-state index < -0.39 is 11.9 Å². The molecule has 2 amide bonds. The Balaban J connectivity index is 1.98. The fraction of sp³-hybridized carbons (Fsp3) is 0.526. The van der Waals surface area contributed by atoms with Crippen LogP contribution in [0.2, 0.25) is 0 Å². The summed E-state index contributed by atoms with van der Waals surface area (Å²) in [4.78, 5) is 37.7. The highest BCUT2D eigenvalue weighted by Gasteiger charge is 2.36. The number of rotatable bonds is 7. The van der Waals surface area contributed by atoms with Crippen molar-refractivity contribution in [1.82, 2.24) is 4.90 Å². The maximum absolute atomic E-state index is 12.7. The molecule has 0 unspecified atom stereocenters. The summed E-state index contributed by atoms with van der Waals surface area (Å²) in [6.45, 7) is 4.35. The van der Waals surface area contributed by atoms with Crippen LogP contribution in [0.25, 0.3) is 0 Å². The molecule has 1 aliphatic carbocycles. The molecule has 0 aliphatic heterocycles. The highest BCUT2D eigenvalue weighted by atomic mass is 16.4. The number of nitrogens with one attached hydrogen (secondary N) is 1. The average Bonchev–Trinajstić information content (AvgIpc) is 3.06. The second-order valence-electron chi connectivity index (χ2n) is 6.67. The second kappa shape index (κ2) is 8.65. The zero-order valence-electron chi connectivity index (χ0n) is 14.8. The lowest BCUT2D eigenvalue weighted by molar-refractivity contribution is -0.142. The van der Waals surface area contributed by atoms with Crippen LogP contribution >= 0.6 is 0 Å². The summed E-state index contributed by atoms with van der Waals surface area (Å²) in [6.07, 6.45) is 2.22. The van der Waals surface area contributed by atoms with Crippen molar-refractivity contribution in [3.8, 4) is 0 Å². The lowest BCUT2D eigenvalue weighted by atomic mass is 10.0. The molecule has 0 radical (unpaired) electrons. The summed E-state index contributed by atoms with van der Waals surface area (Å²) in [7, 11) is 0.